The lowest BCUT2D eigenvalue weighted by molar-refractivity contribution is -0.140. The molecule has 0 bridgehead atoms. The van der Waals surface area contributed by atoms with Crippen molar-refractivity contribution >= 4 is 28.4 Å². The summed E-state index contributed by atoms with van der Waals surface area (Å²) in [5, 5.41) is 15.4. The zero-order valence-electron chi connectivity index (χ0n) is 18.2. The Bertz CT molecular complexity index is 1520. The number of primary amides is 1. The number of benzene rings is 2. The zero-order chi connectivity index (χ0) is 25.3. The molecule has 0 unspecified atom stereocenters. The first-order chi connectivity index (χ1) is 16.6. The van der Waals surface area contributed by atoms with Gasteiger partial charge in [0.05, 0.1) is 40.6 Å². The Labute approximate surface area is 196 Å². The second kappa shape index (κ2) is 8.90. The van der Waals surface area contributed by atoms with Gasteiger partial charge in [0.2, 0.25) is 0 Å². The minimum Gasteiger partial charge on any atom is -0.364 e. The van der Waals surface area contributed by atoms with E-state index in [1.807, 2.05) is 6.07 Å². The lowest BCUT2D eigenvalue weighted by Crippen LogP contribution is -2.19. The van der Waals surface area contributed by atoms with E-state index in [0.29, 0.717) is 16.5 Å². The smallest absolute Gasteiger partial charge is 0.364 e. The number of anilines is 1. The van der Waals surface area contributed by atoms with Gasteiger partial charge in [-0.25, -0.2) is 4.98 Å². The second-order valence-corrected chi connectivity index (χ2v) is 7.67. The molecule has 4 rings (SSSR count). The standard InChI is InChI=1S/C24H17F3N6O2/c1-13-20(21(24(25,26)27)32-33(13)12-15-6-4-5-14(9-15)11-28)31-23(35)17-10-19(22(29)34)30-18-8-3-2-7-16(17)18/h2-10H,12H2,1H3,(H2,29,34)(H,31,35). The Morgan fingerprint density at radius 1 is 1.14 bits per heavy atom. The number of alkyl halides is 3. The number of nitriles is 1. The lowest BCUT2D eigenvalue weighted by Gasteiger charge is -2.11. The molecule has 2 aromatic heterocycles. The summed E-state index contributed by atoms with van der Waals surface area (Å²) in [7, 11) is 0. The van der Waals surface area contributed by atoms with E-state index < -0.39 is 29.4 Å². The summed E-state index contributed by atoms with van der Waals surface area (Å²) < 4.78 is 42.6. The van der Waals surface area contributed by atoms with E-state index in [1.165, 1.54) is 6.92 Å². The van der Waals surface area contributed by atoms with Crippen LogP contribution in [0, 0.1) is 18.3 Å². The average molecular weight is 478 g/mol. The highest BCUT2D eigenvalue weighted by Crippen LogP contribution is 2.36. The number of aromatic nitrogens is 3. The van der Waals surface area contributed by atoms with Gasteiger partial charge < -0.3 is 11.1 Å². The van der Waals surface area contributed by atoms with Gasteiger partial charge >= 0.3 is 6.18 Å². The molecule has 0 saturated heterocycles. The van der Waals surface area contributed by atoms with E-state index in [0.717, 1.165) is 10.7 Å². The van der Waals surface area contributed by atoms with Gasteiger partial charge in [0, 0.05) is 5.39 Å². The molecule has 0 fully saturated rings. The average Bonchev–Trinajstić information content (AvgIpc) is 3.13. The van der Waals surface area contributed by atoms with Crippen molar-refractivity contribution in [2.75, 3.05) is 5.32 Å². The molecule has 176 valence electrons. The molecule has 8 nitrogen and oxygen atoms in total. The summed E-state index contributed by atoms with van der Waals surface area (Å²) in [5.74, 6) is -1.77. The minimum absolute atomic E-state index is 0.0513. The van der Waals surface area contributed by atoms with Gasteiger partial charge in [-0.1, -0.05) is 30.3 Å². The van der Waals surface area contributed by atoms with Gasteiger partial charge in [0.1, 0.15) is 5.69 Å². The fourth-order valence-corrected chi connectivity index (χ4v) is 3.63. The summed E-state index contributed by atoms with van der Waals surface area (Å²) in [6.07, 6.45) is -4.86. The van der Waals surface area contributed by atoms with Gasteiger partial charge in [0.25, 0.3) is 11.8 Å². The Balaban J connectivity index is 1.77. The monoisotopic (exact) mass is 478 g/mol. The number of pyridine rings is 1. The molecule has 3 N–H and O–H groups in total. The molecule has 4 aromatic rings. The van der Waals surface area contributed by atoms with Crippen LogP contribution in [0.2, 0.25) is 0 Å². The van der Waals surface area contributed by atoms with Crippen LogP contribution in [-0.2, 0) is 12.7 Å². The molecule has 2 aromatic carbocycles. The number of nitrogens with two attached hydrogens (primary N) is 1. The molecule has 0 radical (unpaired) electrons. The van der Waals surface area contributed by atoms with Crippen LogP contribution in [0.1, 0.15) is 43.4 Å². The number of nitrogens with zero attached hydrogens (tertiary/aromatic N) is 4. The normalized spacial score (nSPS) is 11.3. The SMILES string of the molecule is Cc1c(NC(=O)c2cc(C(N)=O)nc3ccccc23)c(C(F)(F)F)nn1Cc1cccc(C#N)c1. The highest BCUT2D eigenvalue weighted by Gasteiger charge is 2.39. The molecule has 0 aliphatic rings. The fourth-order valence-electron chi connectivity index (χ4n) is 3.63. The quantitative estimate of drug-likeness (QED) is 0.448. The van der Waals surface area contributed by atoms with E-state index >= 15 is 0 Å². The molecule has 2 heterocycles. The number of fused-ring (bicyclic) bond motifs is 1. The van der Waals surface area contributed by atoms with Crippen molar-refractivity contribution < 1.29 is 22.8 Å². The summed E-state index contributed by atoms with van der Waals surface area (Å²) in [6.45, 7) is 1.34. The van der Waals surface area contributed by atoms with Crippen LogP contribution in [-0.4, -0.2) is 26.6 Å². The fraction of sp³-hybridized carbons (Fsp3) is 0.125. The highest BCUT2D eigenvalue weighted by molar-refractivity contribution is 6.14. The van der Waals surface area contributed by atoms with Crippen LogP contribution < -0.4 is 11.1 Å². The van der Waals surface area contributed by atoms with E-state index in [1.54, 1.807) is 48.5 Å². The van der Waals surface area contributed by atoms with Crippen LogP contribution in [0.15, 0.2) is 54.6 Å². The van der Waals surface area contributed by atoms with Crippen molar-refractivity contribution in [2.24, 2.45) is 5.73 Å². The van der Waals surface area contributed by atoms with Crippen molar-refractivity contribution in [3.8, 4) is 6.07 Å². The maximum Gasteiger partial charge on any atom is 0.437 e. The van der Waals surface area contributed by atoms with Gasteiger partial charge in [-0.3, -0.25) is 14.3 Å². The summed E-state index contributed by atoms with van der Waals surface area (Å²) in [4.78, 5) is 28.9. The van der Waals surface area contributed by atoms with Crippen molar-refractivity contribution in [3.05, 3.63) is 88.4 Å². The Hall–Kier alpha value is -4.72. The first kappa shape index (κ1) is 23.4. The predicted molar refractivity (Wildman–Crippen MR) is 120 cm³/mol. The molecule has 35 heavy (non-hydrogen) atoms. The van der Waals surface area contributed by atoms with Crippen LogP contribution in [0.3, 0.4) is 0 Å². The second-order valence-electron chi connectivity index (χ2n) is 7.67. The number of hydrogen-bond donors (Lipinski definition) is 2. The van der Waals surface area contributed by atoms with Crippen LogP contribution in [0.25, 0.3) is 10.9 Å². The van der Waals surface area contributed by atoms with Gasteiger partial charge in [-0.05, 0) is 36.8 Å². The van der Waals surface area contributed by atoms with Crippen molar-refractivity contribution in [2.45, 2.75) is 19.6 Å². The minimum atomic E-state index is -4.86. The first-order valence-electron chi connectivity index (χ1n) is 10.2. The topological polar surface area (TPSA) is 127 Å². The van der Waals surface area contributed by atoms with Crippen LogP contribution in [0.5, 0.6) is 0 Å². The molecule has 11 heteroatoms. The van der Waals surface area contributed by atoms with Crippen molar-refractivity contribution in [1.82, 2.24) is 14.8 Å². The highest BCUT2D eigenvalue weighted by atomic mass is 19.4. The molecule has 0 atom stereocenters. The van der Waals surface area contributed by atoms with E-state index in [-0.39, 0.29) is 29.0 Å². The molecule has 0 aliphatic heterocycles. The number of rotatable bonds is 5. The first-order valence-corrected chi connectivity index (χ1v) is 10.2. The number of carbonyl (C=O) groups excluding carboxylic acids is 2. The zero-order valence-corrected chi connectivity index (χ0v) is 18.2. The maximum absolute atomic E-state index is 13.8. The molecule has 0 aliphatic carbocycles. The number of carbonyl (C=O) groups is 2. The summed E-state index contributed by atoms with van der Waals surface area (Å²) in [6, 6.07) is 15.9. The van der Waals surface area contributed by atoms with Gasteiger partial charge in [-0.2, -0.15) is 23.5 Å². The number of nitrogens with one attached hydrogen (secondary N) is 1. The largest absolute Gasteiger partial charge is 0.437 e. The molecule has 2 amide bonds. The van der Waals surface area contributed by atoms with E-state index in [2.05, 4.69) is 15.4 Å². The van der Waals surface area contributed by atoms with Crippen LogP contribution >= 0.6 is 0 Å². The third-order valence-electron chi connectivity index (χ3n) is 5.32. The molecular weight excluding hydrogens is 461 g/mol. The van der Waals surface area contributed by atoms with Crippen molar-refractivity contribution in [3.63, 3.8) is 0 Å². The van der Waals surface area contributed by atoms with E-state index in [4.69, 9.17) is 11.0 Å². The Morgan fingerprint density at radius 3 is 2.57 bits per heavy atom. The number of para-hydroxylation sites is 1. The Morgan fingerprint density at radius 2 is 1.89 bits per heavy atom. The van der Waals surface area contributed by atoms with E-state index in [9.17, 15) is 22.8 Å². The summed E-state index contributed by atoms with van der Waals surface area (Å²) >= 11 is 0. The Kier molecular flexibility index (Phi) is 5.96. The number of halogens is 3. The number of hydrogen-bond acceptors (Lipinski definition) is 5. The lowest BCUT2D eigenvalue weighted by atomic mass is 10.1. The maximum atomic E-state index is 13.8. The van der Waals surface area contributed by atoms with Crippen molar-refractivity contribution in [1.29, 1.82) is 5.26 Å². The third kappa shape index (κ3) is 4.67. The van der Waals surface area contributed by atoms with Gasteiger partial charge in [-0.15, -0.1) is 0 Å². The number of amides is 2. The molecule has 0 saturated carbocycles. The third-order valence-corrected chi connectivity index (χ3v) is 5.32. The van der Waals surface area contributed by atoms with Gasteiger partial charge in [0.15, 0.2) is 5.69 Å². The summed E-state index contributed by atoms with van der Waals surface area (Å²) in [5.41, 5.74) is 4.53. The predicted octanol–water partition coefficient (Wildman–Crippen LogP) is 4.03. The molecular formula is C24H17F3N6O2. The molecule has 0 spiro atoms. The van der Waals surface area contributed by atoms with Crippen LogP contribution in [0.4, 0.5) is 18.9 Å².